The van der Waals surface area contributed by atoms with Gasteiger partial charge in [-0.3, -0.25) is 10.1 Å². The second-order valence-corrected chi connectivity index (χ2v) is 12.5. The predicted octanol–water partition coefficient (Wildman–Crippen LogP) is 4.11. The molecule has 210 valence electrons. The Hall–Kier alpha value is -3.08. The van der Waals surface area contributed by atoms with Crippen molar-refractivity contribution < 1.29 is 22.3 Å². The van der Waals surface area contributed by atoms with Crippen LogP contribution < -0.4 is 5.32 Å². The zero-order chi connectivity index (χ0) is 28.2. The fourth-order valence-electron chi connectivity index (χ4n) is 5.43. The number of hydrogen-bond acceptors (Lipinski definition) is 5. The molecule has 0 bridgehead atoms. The molecular formula is C29H37FN4O4S. The Balaban J connectivity index is 1.63. The van der Waals surface area contributed by atoms with Crippen LogP contribution in [0.25, 0.3) is 0 Å². The van der Waals surface area contributed by atoms with Crippen LogP contribution in [0, 0.1) is 5.82 Å². The van der Waals surface area contributed by atoms with Crippen LogP contribution >= 0.6 is 0 Å². The maximum atomic E-state index is 15.7. The molecule has 2 aliphatic heterocycles. The fraction of sp³-hybridized carbons (Fsp3) is 0.448. The summed E-state index contributed by atoms with van der Waals surface area (Å²) >= 11 is 0. The first kappa shape index (κ1) is 28.9. The zero-order valence-electron chi connectivity index (χ0n) is 22.8. The minimum Gasteiger partial charge on any atom is -0.381 e. The molecule has 1 amide bonds. The largest absolute Gasteiger partial charge is 0.381 e. The van der Waals surface area contributed by atoms with Crippen LogP contribution in [0.1, 0.15) is 54.5 Å². The highest BCUT2D eigenvalue weighted by Gasteiger charge is 2.44. The lowest BCUT2D eigenvalue weighted by Crippen LogP contribution is -2.52. The highest BCUT2D eigenvalue weighted by atomic mass is 32.2. The molecule has 0 saturated carbocycles. The van der Waals surface area contributed by atoms with E-state index >= 15 is 4.39 Å². The van der Waals surface area contributed by atoms with Gasteiger partial charge in [0.2, 0.25) is 21.9 Å². The first-order chi connectivity index (χ1) is 18.6. The van der Waals surface area contributed by atoms with E-state index in [9.17, 15) is 13.2 Å². The van der Waals surface area contributed by atoms with E-state index in [0.29, 0.717) is 50.4 Å². The summed E-state index contributed by atoms with van der Waals surface area (Å²) < 4.78 is 49.9. The van der Waals surface area contributed by atoms with E-state index in [1.807, 2.05) is 37.3 Å². The van der Waals surface area contributed by atoms with Crippen LogP contribution in [0.5, 0.6) is 0 Å². The number of nitrogens with one attached hydrogen (secondary N) is 1. The van der Waals surface area contributed by atoms with E-state index in [1.54, 1.807) is 31.1 Å². The van der Waals surface area contributed by atoms with Crippen molar-refractivity contribution in [1.29, 1.82) is 0 Å². The number of guanidine groups is 1. The van der Waals surface area contributed by atoms with Crippen molar-refractivity contribution in [1.82, 2.24) is 14.5 Å². The molecule has 2 saturated heterocycles. The fourth-order valence-corrected chi connectivity index (χ4v) is 7.61. The summed E-state index contributed by atoms with van der Waals surface area (Å²) in [4.78, 5) is 19.4. The van der Waals surface area contributed by atoms with Gasteiger partial charge in [0.1, 0.15) is 11.1 Å². The Morgan fingerprint density at radius 2 is 1.90 bits per heavy atom. The monoisotopic (exact) mass is 556 g/mol. The van der Waals surface area contributed by atoms with Gasteiger partial charge in [0.15, 0.2) is 0 Å². The molecule has 10 heteroatoms. The Kier molecular flexibility index (Phi) is 8.88. The van der Waals surface area contributed by atoms with Gasteiger partial charge in [-0.05, 0) is 49.8 Å². The van der Waals surface area contributed by atoms with Crippen LogP contribution in [-0.2, 0) is 31.5 Å². The lowest BCUT2D eigenvalue weighted by Gasteiger charge is -2.38. The molecular weight excluding hydrogens is 519 g/mol. The second kappa shape index (κ2) is 12.0. The van der Waals surface area contributed by atoms with Crippen LogP contribution in [0.15, 0.2) is 66.3 Å². The number of carbonyl (C=O) groups excluding carboxylic acids is 1. The number of nitrogens with zero attached hydrogens (tertiary/aromatic N) is 3. The maximum absolute atomic E-state index is 15.7. The molecule has 1 N–H and O–H groups in total. The Labute approximate surface area is 230 Å². The van der Waals surface area contributed by atoms with Crippen LogP contribution in [0.4, 0.5) is 4.39 Å². The van der Waals surface area contributed by atoms with E-state index in [1.165, 1.54) is 16.6 Å². The molecule has 0 aromatic heterocycles. The van der Waals surface area contributed by atoms with Gasteiger partial charge >= 0.3 is 0 Å². The lowest BCUT2D eigenvalue weighted by molar-refractivity contribution is -0.129. The van der Waals surface area contributed by atoms with Gasteiger partial charge < -0.3 is 9.64 Å². The average molecular weight is 557 g/mol. The topological polar surface area (TPSA) is 91.3 Å². The van der Waals surface area contributed by atoms with Gasteiger partial charge in [0.25, 0.3) is 0 Å². The van der Waals surface area contributed by atoms with Gasteiger partial charge in [-0.2, -0.15) is 4.31 Å². The number of rotatable bonds is 6. The second-order valence-electron chi connectivity index (χ2n) is 10.4. The number of carbonyl (C=O) groups is 1. The Morgan fingerprint density at radius 3 is 2.51 bits per heavy atom. The minimum absolute atomic E-state index is 0.0714. The molecule has 0 aliphatic carbocycles. The van der Waals surface area contributed by atoms with Crippen molar-refractivity contribution in [3.63, 3.8) is 0 Å². The molecule has 2 fully saturated rings. The number of aliphatic imine (C=N–C) groups is 1. The van der Waals surface area contributed by atoms with Crippen molar-refractivity contribution >= 4 is 21.9 Å². The predicted molar refractivity (Wildman–Crippen MR) is 150 cm³/mol. The normalized spacial score (nSPS) is 23.1. The quantitative estimate of drug-likeness (QED) is 0.427. The van der Waals surface area contributed by atoms with Crippen molar-refractivity contribution in [3.8, 4) is 0 Å². The minimum atomic E-state index is -3.70. The van der Waals surface area contributed by atoms with Crippen molar-refractivity contribution in [2.75, 3.05) is 27.3 Å². The summed E-state index contributed by atoms with van der Waals surface area (Å²) in [5, 5.41) is 2.21. The number of hydrogen-bond donors (Lipinski definition) is 1. The van der Waals surface area contributed by atoms with Crippen molar-refractivity contribution in [3.05, 3.63) is 83.8 Å². The van der Waals surface area contributed by atoms with E-state index in [0.717, 1.165) is 5.56 Å². The number of sulfonamides is 1. The Bertz CT molecular complexity index is 1320. The molecule has 2 aromatic rings. The molecule has 2 aromatic carbocycles. The third kappa shape index (κ3) is 5.92. The third-order valence-corrected chi connectivity index (χ3v) is 10.1. The van der Waals surface area contributed by atoms with Crippen molar-refractivity contribution in [2.45, 2.75) is 55.9 Å². The summed E-state index contributed by atoms with van der Waals surface area (Å²) in [6, 6.07) is 13.6. The van der Waals surface area contributed by atoms with Gasteiger partial charge in [-0.15, -0.1) is 0 Å². The average Bonchev–Trinajstić information content (AvgIpc) is 2.92. The molecule has 4 rings (SSSR count). The van der Waals surface area contributed by atoms with Gasteiger partial charge in [0.05, 0.1) is 5.41 Å². The van der Waals surface area contributed by atoms with Gasteiger partial charge in [-0.25, -0.2) is 17.8 Å². The van der Waals surface area contributed by atoms with Crippen molar-refractivity contribution in [2.24, 2.45) is 4.99 Å². The molecule has 8 nitrogen and oxygen atoms in total. The first-order valence-electron chi connectivity index (χ1n) is 13.2. The molecule has 0 unspecified atom stereocenters. The summed E-state index contributed by atoms with van der Waals surface area (Å²) in [5.41, 5.74) is 0.527. The molecule has 2 atom stereocenters. The standard InChI is InChI=1S/C29H37FN4O4S/c1-5-31-28(33(3)4)32-27(35)29(15-17-38-18-16-29)24-13-12-23(25(30)19-24)20-34-21(2)11-14-26(39(34,36)37)22-9-7-6-8-10-22/h5-10,12-13,19,21,26H,1,11,14-18,20H2,2-4H3,(H,31,32,35)/t21-,26+/m0/s1. The van der Waals surface area contributed by atoms with E-state index in [4.69, 9.17) is 4.74 Å². The first-order valence-corrected chi connectivity index (χ1v) is 14.7. The summed E-state index contributed by atoms with van der Waals surface area (Å²) in [6.45, 7) is 6.11. The van der Waals surface area contributed by atoms with Crippen LogP contribution in [-0.4, -0.2) is 62.8 Å². The van der Waals surface area contributed by atoms with Crippen LogP contribution in [0.2, 0.25) is 0 Å². The van der Waals surface area contributed by atoms with E-state index < -0.39 is 26.5 Å². The Morgan fingerprint density at radius 1 is 1.21 bits per heavy atom. The van der Waals surface area contributed by atoms with E-state index in [2.05, 4.69) is 16.9 Å². The highest BCUT2D eigenvalue weighted by Crippen LogP contribution is 2.39. The van der Waals surface area contributed by atoms with Gasteiger partial charge in [0, 0.05) is 51.7 Å². The molecule has 2 heterocycles. The smallest absolute Gasteiger partial charge is 0.237 e. The lowest BCUT2D eigenvalue weighted by atomic mass is 9.73. The van der Waals surface area contributed by atoms with Gasteiger partial charge in [-0.1, -0.05) is 49.0 Å². The number of ether oxygens (including phenoxy) is 1. The summed E-state index contributed by atoms with van der Waals surface area (Å²) in [5.74, 6) is -0.511. The summed E-state index contributed by atoms with van der Waals surface area (Å²) in [7, 11) is -0.193. The highest BCUT2D eigenvalue weighted by molar-refractivity contribution is 7.89. The number of halogens is 1. The number of benzene rings is 2. The molecule has 0 spiro atoms. The third-order valence-electron chi connectivity index (χ3n) is 7.77. The van der Waals surface area contributed by atoms with E-state index in [-0.39, 0.29) is 24.1 Å². The van der Waals surface area contributed by atoms with Crippen LogP contribution in [0.3, 0.4) is 0 Å². The molecule has 39 heavy (non-hydrogen) atoms. The zero-order valence-corrected chi connectivity index (χ0v) is 23.6. The SMILES string of the molecule is C=CN=C(NC(=O)C1(c2ccc(CN3[C@@H](C)CC[C@H](c4ccccc4)S3(=O)=O)c(F)c2)CCOCC1)N(C)C. The molecule has 0 radical (unpaired) electrons. The summed E-state index contributed by atoms with van der Waals surface area (Å²) in [6.07, 6.45) is 3.31. The maximum Gasteiger partial charge on any atom is 0.237 e. The number of amides is 1. The molecule has 2 aliphatic rings.